The summed E-state index contributed by atoms with van der Waals surface area (Å²) < 4.78 is 10.7. The molecule has 19 nitrogen and oxygen atoms in total. The van der Waals surface area contributed by atoms with Crippen LogP contribution < -0.4 is 27.0 Å². The number of carbonyl (C=O) groups is 6. The Morgan fingerprint density at radius 3 is 1.48 bits per heavy atom. The first-order valence-corrected chi connectivity index (χ1v) is 22.6. The Hall–Kier alpha value is -5.38. The minimum Gasteiger partial charge on any atom is -0.465 e. The summed E-state index contributed by atoms with van der Waals surface area (Å²) in [6.07, 6.45) is -2.15. The molecule has 0 saturated carbocycles. The first-order valence-electron chi connectivity index (χ1n) is 20.8. The lowest BCUT2D eigenvalue weighted by molar-refractivity contribution is -0.148. The van der Waals surface area contributed by atoms with E-state index >= 15 is 0 Å². The summed E-state index contributed by atoms with van der Waals surface area (Å²) in [7, 11) is 2.72. The van der Waals surface area contributed by atoms with Crippen LogP contribution in [0.3, 0.4) is 0 Å². The van der Waals surface area contributed by atoms with E-state index in [9.17, 15) is 39.0 Å². The summed E-state index contributed by atoms with van der Waals surface area (Å²) in [4.78, 5) is 93.9. The number of methoxy groups -OCH3 is 2. The zero-order valence-corrected chi connectivity index (χ0v) is 38.1. The summed E-state index contributed by atoms with van der Waals surface area (Å²) in [6.45, 7) is 9.78. The normalized spacial score (nSPS) is 24.5. The predicted molar refractivity (Wildman–Crippen MR) is 233 cm³/mol. The molecule has 0 radical (unpaired) electrons. The molecule has 3 aliphatic rings. The molecule has 0 spiro atoms. The molecule has 0 aliphatic carbocycles. The predicted octanol–water partition coefficient (Wildman–Crippen LogP) is 3.93. The quantitative estimate of drug-likeness (QED) is 0.126. The number of primary amides is 2. The number of hydrogen-bond donors (Lipinski definition) is 6. The molecule has 1 aromatic carbocycles. The Morgan fingerprint density at radius 2 is 1.14 bits per heavy atom. The molecule has 3 saturated heterocycles. The van der Waals surface area contributed by atoms with Gasteiger partial charge in [-0.2, -0.15) is 0 Å². The highest BCUT2D eigenvalue weighted by Gasteiger charge is 2.56. The van der Waals surface area contributed by atoms with Crippen LogP contribution in [0.5, 0.6) is 0 Å². The van der Waals surface area contributed by atoms with Crippen LogP contribution >= 0.6 is 22.7 Å². The third-order valence-corrected chi connectivity index (χ3v) is 14.8. The van der Waals surface area contributed by atoms with Gasteiger partial charge in [-0.25, -0.2) is 19.6 Å². The van der Waals surface area contributed by atoms with Gasteiger partial charge in [0.25, 0.3) is 11.8 Å². The van der Waals surface area contributed by atoms with E-state index < -0.39 is 71.2 Å². The van der Waals surface area contributed by atoms with Crippen molar-refractivity contribution in [1.82, 2.24) is 30.4 Å². The summed E-state index contributed by atoms with van der Waals surface area (Å²) in [5.74, 6) is -2.88. The molecular weight excluding hydrogens is 855 g/mol. The van der Waals surface area contributed by atoms with E-state index in [1.165, 1.54) is 46.7 Å². The number of carboxylic acid groups (broad SMARTS) is 2. The molecule has 3 aromatic rings. The largest absolute Gasteiger partial charge is 0.465 e. The minimum absolute atomic E-state index is 0.128. The average Bonchev–Trinajstić information content (AvgIpc) is 4.08. The number of anilines is 1. The van der Waals surface area contributed by atoms with Crippen LogP contribution in [0.4, 0.5) is 15.3 Å². The highest BCUT2D eigenvalue weighted by molar-refractivity contribution is 7.10. The molecule has 5 heterocycles. The van der Waals surface area contributed by atoms with Crippen molar-refractivity contribution in [2.75, 3.05) is 32.2 Å². The number of nitrogens with zero attached hydrogens (tertiary/aromatic N) is 5. The first-order chi connectivity index (χ1) is 29.7. The number of ether oxygens (including phenoxy) is 2. The second-order valence-corrected chi connectivity index (χ2v) is 19.1. The molecule has 63 heavy (non-hydrogen) atoms. The molecule has 0 unspecified atom stereocenters. The van der Waals surface area contributed by atoms with Gasteiger partial charge in [0.15, 0.2) is 11.1 Å². The standard InChI is InChI=1S/C42H57N9O10S2/c1-22(60-6)30(47-38(56)57)32(52)49-18-8-16-41(49,34(43)54)36-45-26(20-62-36)28-14-15-29(51(28)25-12-10-24(11-13-25)40(3,4)5)27-21-63-37(46-27)42(35(44)55)17-9-19-50(42)33(53)31(23(2)61-7)48-39(58)59/h10-13,20-23,28-31,47-48H,8-9,14-19H2,1-7H3,(H2,43,54)(H2,44,55)(H,56,57)(H,58,59)/t22-,23-,28+,29+,30+,31+,41+,42+/m1/s1. The molecule has 8 N–H and O–H groups in total. The van der Waals surface area contributed by atoms with E-state index in [4.69, 9.17) is 30.9 Å². The molecule has 6 rings (SSSR count). The summed E-state index contributed by atoms with van der Waals surface area (Å²) >= 11 is 2.41. The molecule has 6 amide bonds. The molecule has 21 heteroatoms. The molecule has 2 aromatic heterocycles. The Labute approximate surface area is 373 Å². The lowest BCUT2D eigenvalue weighted by Gasteiger charge is -2.37. The van der Waals surface area contributed by atoms with Crippen molar-refractivity contribution < 1.29 is 48.5 Å². The Morgan fingerprint density at radius 1 is 0.746 bits per heavy atom. The van der Waals surface area contributed by atoms with E-state index in [0.29, 0.717) is 47.1 Å². The lowest BCUT2D eigenvalue weighted by Crippen LogP contribution is -2.60. The highest BCUT2D eigenvalue weighted by Crippen LogP contribution is 2.50. The fourth-order valence-electron chi connectivity index (χ4n) is 9.18. The maximum atomic E-state index is 14.1. The molecule has 8 atom stereocenters. The van der Waals surface area contributed by atoms with Crippen molar-refractivity contribution in [2.24, 2.45) is 11.5 Å². The Balaban J connectivity index is 1.39. The summed E-state index contributed by atoms with van der Waals surface area (Å²) in [6, 6.07) is 4.88. The summed E-state index contributed by atoms with van der Waals surface area (Å²) in [5, 5.41) is 28.0. The van der Waals surface area contributed by atoms with Gasteiger partial charge in [0.05, 0.1) is 35.7 Å². The number of amides is 6. The van der Waals surface area contributed by atoms with Gasteiger partial charge in [0.1, 0.15) is 22.1 Å². The number of benzene rings is 1. The zero-order chi connectivity index (χ0) is 46.2. The van der Waals surface area contributed by atoms with Gasteiger partial charge in [-0.1, -0.05) is 32.9 Å². The highest BCUT2D eigenvalue weighted by atomic mass is 32.1. The number of thiazole rings is 2. The number of likely N-dealkylation sites (tertiary alicyclic amines) is 2. The van der Waals surface area contributed by atoms with Crippen molar-refractivity contribution >= 4 is 64.2 Å². The van der Waals surface area contributed by atoms with Crippen molar-refractivity contribution in [3.63, 3.8) is 0 Å². The van der Waals surface area contributed by atoms with E-state index in [1.807, 2.05) is 22.9 Å². The maximum absolute atomic E-state index is 14.1. The van der Waals surface area contributed by atoms with E-state index in [0.717, 1.165) is 11.3 Å². The van der Waals surface area contributed by atoms with Gasteiger partial charge < -0.3 is 56.5 Å². The fourth-order valence-corrected chi connectivity index (χ4v) is 11.4. The second-order valence-electron chi connectivity index (χ2n) is 17.3. The van der Waals surface area contributed by atoms with Crippen LogP contribution in [-0.2, 0) is 45.1 Å². The van der Waals surface area contributed by atoms with Gasteiger partial charge in [-0.05, 0) is 75.5 Å². The van der Waals surface area contributed by atoms with Gasteiger partial charge in [0, 0.05) is 43.8 Å². The molecule has 3 fully saturated rings. The Bertz CT molecular complexity index is 2090. The van der Waals surface area contributed by atoms with Crippen molar-refractivity contribution in [1.29, 1.82) is 0 Å². The molecule has 342 valence electrons. The first kappa shape index (κ1) is 47.1. The van der Waals surface area contributed by atoms with E-state index in [2.05, 4.69) is 48.4 Å². The molecule has 0 bridgehead atoms. The van der Waals surface area contributed by atoms with Gasteiger partial charge >= 0.3 is 12.2 Å². The van der Waals surface area contributed by atoms with Crippen molar-refractivity contribution in [3.8, 4) is 0 Å². The smallest absolute Gasteiger partial charge is 0.405 e. The van der Waals surface area contributed by atoms with Crippen LogP contribution in [0.25, 0.3) is 0 Å². The van der Waals surface area contributed by atoms with Gasteiger partial charge in [-0.15, -0.1) is 22.7 Å². The number of nitrogens with one attached hydrogen (secondary N) is 2. The van der Waals surface area contributed by atoms with Crippen molar-refractivity contribution in [2.45, 2.75) is 126 Å². The second kappa shape index (κ2) is 18.4. The van der Waals surface area contributed by atoms with Crippen LogP contribution in [0.15, 0.2) is 35.0 Å². The van der Waals surface area contributed by atoms with Crippen LogP contribution in [0, 0.1) is 0 Å². The van der Waals surface area contributed by atoms with Crippen molar-refractivity contribution in [3.05, 3.63) is 62.0 Å². The number of hydrogen-bond acceptors (Lipinski definition) is 13. The topological polar surface area (TPSA) is 273 Å². The number of carbonyl (C=O) groups excluding carboxylic acids is 4. The van der Waals surface area contributed by atoms with Crippen LogP contribution in [0.2, 0.25) is 0 Å². The average molecular weight is 912 g/mol. The van der Waals surface area contributed by atoms with E-state index in [-0.39, 0.29) is 43.4 Å². The lowest BCUT2D eigenvalue weighted by atomic mass is 9.87. The molecular formula is C42H57N9O10S2. The SMILES string of the molecule is CO[C@H](C)[C@H](NC(=O)O)C(=O)N1CCC[C@]1(C(N)=O)c1nc([C@@H]2CC[C@@H](c3csc([C@@]4(C(N)=O)CCCN4C(=O)[C@@H](NC(=O)O)[C@@H](C)OC)n3)N2c2ccc(C(C)(C)C)cc2)cs1. The minimum atomic E-state index is -1.64. The maximum Gasteiger partial charge on any atom is 0.405 e. The van der Waals surface area contributed by atoms with Crippen LogP contribution in [0.1, 0.15) is 112 Å². The number of aromatic nitrogens is 2. The third kappa shape index (κ3) is 8.67. The van der Waals surface area contributed by atoms with E-state index in [1.54, 1.807) is 13.8 Å². The monoisotopic (exact) mass is 911 g/mol. The zero-order valence-electron chi connectivity index (χ0n) is 36.5. The Kier molecular flexibility index (Phi) is 13.7. The fraction of sp³-hybridized carbons (Fsp3) is 0.571. The van der Waals surface area contributed by atoms with Crippen LogP contribution in [-0.4, -0.2) is 117 Å². The molecule has 3 aliphatic heterocycles. The van der Waals surface area contributed by atoms with Gasteiger partial charge in [-0.3, -0.25) is 19.2 Å². The third-order valence-electron chi connectivity index (χ3n) is 12.7. The summed E-state index contributed by atoms with van der Waals surface area (Å²) in [5.41, 5.74) is 12.1. The van der Waals surface area contributed by atoms with Gasteiger partial charge in [0.2, 0.25) is 11.8 Å². The number of rotatable bonds is 15. The number of nitrogens with two attached hydrogens (primary N) is 2.